The van der Waals surface area contributed by atoms with Crippen LogP contribution in [0.5, 0.6) is 0 Å². The predicted molar refractivity (Wildman–Crippen MR) is 62.4 cm³/mol. The van der Waals surface area contributed by atoms with Gasteiger partial charge in [0.05, 0.1) is 0 Å². The summed E-state index contributed by atoms with van der Waals surface area (Å²) in [6.07, 6.45) is 2.55. The fourth-order valence-electron chi connectivity index (χ4n) is 1.38. The van der Waals surface area contributed by atoms with Crippen LogP contribution in [0.25, 0.3) is 0 Å². The Labute approximate surface area is 91.0 Å². The topological polar surface area (TPSA) is 62.0 Å². The van der Waals surface area contributed by atoms with Gasteiger partial charge in [-0.3, -0.25) is 0 Å². The summed E-state index contributed by atoms with van der Waals surface area (Å²) in [6, 6.07) is 0. The van der Waals surface area contributed by atoms with E-state index in [9.17, 15) is 9.90 Å². The van der Waals surface area contributed by atoms with E-state index in [1.807, 2.05) is 13.8 Å². The first kappa shape index (κ1) is 13.7. The van der Waals surface area contributed by atoms with Crippen molar-refractivity contribution in [2.24, 2.45) is 16.1 Å². The minimum absolute atomic E-state index is 0.100. The zero-order valence-corrected chi connectivity index (χ0v) is 9.31. The van der Waals surface area contributed by atoms with Gasteiger partial charge in [0.1, 0.15) is 0 Å². The van der Waals surface area contributed by atoms with Gasteiger partial charge in [0, 0.05) is 0 Å². The van der Waals surface area contributed by atoms with Crippen molar-refractivity contribution in [3.05, 3.63) is 12.7 Å². The summed E-state index contributed by atoms with van der Waals surface area (Å²) < 4.78 is 0. The molecule has 0 heterocycles. The molecular weight excluding hydrogens is 191 g/mol. The van der Waals surface area contributed by atoms with Crippen LogP contribution in [0.15, 0.2) is 22.8 Å². The molecule has 4 nitrogen and oxygen atoms in total. The van der Waals surface area contributed by atoms with E-state index >= 15 is 0 Å². The van der Waals surface area contributed by atoms with E-state index in [1.54, 1.807) is 6.08 Å². The molecular formula is C10H17BN2O2. The number of carboxylic acid groups (broad SMARTS) is 1. The summed E-state index contributed by atoms with van der Waals surface area (Å²) in [6.45, 7) is 10.7. The molecule has 0 saturated carbocycles. The molecule has 0 radical (unpaired) electrons. The monoisotopic (exact) mass is 208 g/mol. The van der Waals surface area contributed by atoms with E-state index in [-0.39, 0.29) is 12.3 Å². The Kier molecular flexibility index (Phi) is 5.75. The van der Waals surface area contributed by atoms with E-state index in [4.69, 9.17) is 0 Å². The van der Waals surface area contributed by atoms with Gasteiger partial charge in [-0.25, -0.2) is 0 Å². The van der Waals surface area contributed by atoms with E-state index in [2.05, 4.69) is 23.2 Å². The third-order valence-corrected chi connectivity index (χ3v) is 2.57. The third kappa shape index (κ3) is 3.11. The van der Waals surface area contributed by atoms with Crippen molar-refractivity contribution in [2.75, 3.05) is 0 Å². The van der Waals surface area contributed by atoms with Gasteiger partial charge >= 0.3 is 90.3 Å². The van der Waals surface area contributed by atoms with Crippen LogP contribution in [0.1, 0.15) is 26.7 Å². The zero-order valence-electron chi connectivity index (χ0n) is 9.31. The number of hydrogen-bond donors (Lipinski definition) is 1. The fraction of sp³-hybridized carbons (Fsp3) is 0.600. The van der Waals surface area contributed by atoms with Crippen molar-refractivity contribution in [2.45, 2.75) is 32.2 Å². The summed E-state index contributed by atoms with van der Waals surface area (Å²) in [4.78, 5) is 11.3. The molecule has 0 aromatic heterocycles. The molecule has 0 aliphatic heterocycles. The Morgan fingerprint density at radius 1 is 1.73 bits per heavy atom. The van der Waals surface area contributed by atoms with Crippen molar-refractivity contribution in [1.29, 1.82) is 0 Å². The SMILES string of the molecule is C=BN=N[C@](CC=C)(C(=O)O)C(C)CC. The Morgan fingerprint density at radius 2 is 2.33 bits per heavy atom. The van der Waals surface area contributed by atoms with Gasteiger partial charge in [-0.05, 0) is 0 Å². The number of aliphatic carboxylic acids is 1. The minimum atomic E-state index is -1.20. The zero-order chi connectivity index (χ0) is 11.9. The molecule has 0 aromatic rings. The molecule has 0 aromatic carbocycles. The number of carbonyl (C=O) groups is 1. The van der Waals surface area contributed by atoms with Crippen LogP contribution in [-0.4, -0.2) is 30.1 Å². The summed E-state index contributed by atoms with van der Waals surface area (Å²) in [5, 5.41) is 16.7. The van der Waals surface area contributed by atoms with E-state index < -0.39 is 11.5 Å². The average Bonchev–Trinajstić information content (AvgIpc) is 2.22. The van der Waals surface area contributed by atoms with Gasteiger partial charge in [-0.1, -0.05) is 0 Å². The first-order valence-electron chi connectivity index (χ1n) is 4.92. The molecule has 82 valence electrons. The van der Waals surface area contributed by atoms with Crippen molar-refractivity contribution in [1.82, 2.24) is 0 Å². The molecule has 1 unspecified atom stereocenters. The molecule has 0 aliphatic rings. The fourth-order valence-corrected chi connectivity index (χ4v) is 1.38. The molecule has 0 rings (SSSR count). The molecule has 0 aliphatic carbocycles. The van der Waals surface area contributed by atoms with Gasteiger partial charge < -0.3 is 0 Å². The Hall–Kier alpha value is -1.26. The number of nitrogens with zero attached hydrogens (tertiary/aromatic N) is 2. The van der Waals surface area contributed by atoms with E-state index in [0.717, 1.165) is 6.42 Å². The van der Waals surface area contributed by atoms with Crippen molar-refractivity contribution in [3.8, 4) is 0 Å². The second-order valence-corrected chi connectivity index (χ2v) is 3.43. The van der Waals surface area contributed by atoms with Gasteiger partial charge in [0.2, 0.25) is 0 Å². The van der Waals surface area contributed by atoms with Crippen molar-refractivity contribution < 1.29 is 9.90 Å². The Morgan fingerprint density at radius 3 is 2.67 bits per heavy atom. The maximum atomic E-state index is 11.3. The van der Waals surface area contributed by atoms with Crippen LogP contribution in [0, 0.1) is 5.92 Å². The number of carboxylic acids is 1. The van der Waals surface area contributed by atoms with Crippen LogP contribution < -0.4 is 0 Å². The van der Waals surface area contributed by atoms with Crippen molar-refractivity contribution in [3.63, 3.8) is 0 Å². The van der Waals surface area contributed by atoms with Gasteiger partial charge in [0.15, 0.2) is 0 Å². The Balaban J connectivity index is 5.23. The third-order valence-electron chi connectivity index (χ3n) is 2.57. The molecule has 0 amide bonds. The van der Waals surface area contributed by atoms with Crippen LogP contribution in [0.4, 0.5) is 0 Å². The summed E-state index contributed by atoms with van der Waals surface area (Å²) >= 11 is 0. The molecule has 1 N–H and O–H groups in total. The normalized spacial score (nSPS) is 16.7. The van der Waals surface area contributed by atoms with E-state index in [1.165, 1.54) is 7.06 Å². The summed E-state index contributed by atoms with van der Waals surface area (Å²) in [7, 11) is 1.24. The second-order valence-electron chi connectivity index (χ2n) is 3.43. The first-order valence-corrected chi connectivity index (χ1v) is 4.92. The van der Waals surface area contributed by atoms with Crippen LogP contribution in [0.2, 0.25) is 0 Å². The van der Waals surface area contributed by atoms with E-state index in [0.29, 0.717) is 0 Å². The quantitative estimate of drug-likeness (QED) is 0.394. The van der Waals surface area contributed by atoms with Crippen LogP contribution in [0.3, 0.4) is 0 Å². The number of rotatable bonds is 7. The molecule has 15 heavy (non-hydrogen) atoms. The van der Waals surface area contributed by atoms with Gasteiger partial charge in [-0.15, -0.1) is 0 Å². The first-order chi connectivity index (χ1) is 7.05. The standard InChI is InChI=1S/C10H17BN2O2/c1-5-7-10(9(14)15,8(3)6-2)12-13-11-4/h5,8H,1,4,6-7H2,2-3H3,(H,14,15)/t8?,10-/m0/s1. The second kappa shape index (κ2) is 6.27. The molecule has 0 spiro atoms. The molecule has 0 bridgehead atoms. The average molecular weight is 208 g/mol. The summed E-state index contributed by atoms with van der Waals surface area (Å²) in [5.41, 5.74) is -1.20. The molecule has 0 fully saturated rings. The van der Waals surface area contributed by atoms with Crippen LogP contribution >= 0.6 is 0 Å². The number of hydrogen-bond acceptors (Lipinski definition) is 3. The van der Waals surface area contributed by atoms with Gasteiger partial charge in [-0.2, -0.15) is 0 Å². The molecule has 5 heteroatoms. The molecule has 0 saturated heterocycles. The summed E-state index contributed by atoms with van der Waals surface area (Å²) in [5.74, 6) is -1.07. The predicted octanol–water partition coefficient (Wildman–Crippen LogP) is 1.94. The van der Waals surface area contributed by atoms with Crippen LogP contribution in [-0.2, 0) is 4.79 Å². The maximum absolute atomic E-state index is 11.3. The Bertz CT molecular complexity index is 279. The molecule has 2 atom stereocenters. The van der Waals surface area contributed by atoms with Gasteiger partial charge in [0.25, 0.3) is 0 Å². The van der Waals surface area contributed by atoms with Crippen molar-refractivity contribution >= 4 is 19.5 Å².